The Labute approximate surface area is 172 Å². The summed E-state index contributed by atoms with van der Waals surface area (Å²) in [7, 11) is 0. The lowest BCUT2D eigenvalue weighted by Gasteiger charge is -2.10. The maximum absolute atomic E-state index is 12.7. The number of hydrogen-bond donors (Lipinski definition) is 1. The second-order valence-corrected chi connectivity index (χ2v) is 7.47. The molecule has 2 aromatic heterocycles. The van der Waals surface area contributed by atoms with Gasteiger partial charge in [-0.25, -0.2) is 0 Å². The van der Waals surface area contributed by atoms with E-state index < -0.39 is 0 Å². The summed E-state index contributed by atoms with van der Waals surface area (Å²) in [6.07, 6.45) is 0.766. The Morgan fingerprint density at radius 1 is 1.14 bits per heavy atom. The molecule has 4 rings (SSSR count). The van der Waals surface area contributed by atoms with E-state index in [0.29, 0.717) is 12.2 Å². The topological polar surface area (TPSA) is 81.4 Å². The summed E-state index contributed by atoms with van der Waals surface area (Å²) >= 11 is 1.47. The number of benzene rings is 2. The van der Waals surface area contributed by atoms with Gasteiger partial charge in [-0.1, -0.05) is 30.4 Å². The van der Waals surface area contributed by atoms with Gasteiger partial charge in [0, 0.05) is 23.2 Å². The second kappa shape index (κ2) is 8.00. The van der Waals surface area contributed by atoms with Crippen LogP contribution in [-0.2, 0) is 6.42 Å². The van der Waals surface area contributed by atoms with E-state index >= 15 is 0 Å². The highest BCUT2D eigenvalue weighted by Gasteiger charge is 2.14. The third-order valence-electron chi connectivity index (χ3n) is 4.53. The number of nitrogens with zero attached hydrogens (tertiary/aromatic N) is 4. The number of aromatic nitrogens is 4. The monoisotopic (exact) mass is 407 g/mol. The van der Waals surface area contributed by atoms with Gasteiger partial charge >= 0.3 is 0 Å². The number of amides is 1. The molecule has 0 fully saturated rings. The van der Waals surface area contributed by atoms with Gasteiger partial charge in [-0.15, -0.1) is 10.2 Å². The number of rotatable bonds is 6. The molecule has 7 nitrogen and oxygen atoms in total. The molecule has 8 heteroatoms. The zero-order chi connectivity index (χ0) is 20.4. The van der Waals surface area contributed by atoms with Gasteiger partial charge < -0.3 is 10.1 Å². The minimum Gasteiger partial charge on any atom is -0.494 e. The normalized spacial score (nSPS) is 11.0. The van der Waals surface area contributed by atoms with Crippen LogP contribution in [0.5, 0.6) is 5.75 Å². The highest BCUT2D eigenvalue weighted by Crippen LogP contribution is 2.29. The predicted molar refractivity (Wildman–Crippen MR) is 114 cm³/mol. The summed E-state index contributed by atoms with van der Waals surface area (Å²) < 4.78 is 7.20. The van der Waals surface area contributed by atoms with Gasteiger partial charge in [-0.05, 0) is 49.7 Å². The number of hydrogen-bond acceptors (Lipinski definition) is 6. The molecule has 2 heterocycles. The highest BCUT2D eigenvalue weighted by atomic mass is 32.1. The Hall–Kier alpha value is -3.26. The zero-order valence-electron chi connectivity index (χ0n) is 16.5. The van der Waals surface area contributed by atoms with Gasteiger partial charge in [0.05, 0.1) is 6.61 Å². The van der Waals surface area contributed by atoms with Crippen molar-refractivity contribution in [3.05, 3.63) is 59.4 Å². The van der Waals surface area contributed by atoms with Crippen molar-refractivity contribution < 1.29 is 9.53 Å². The van der Waals surface area contributed by atoms with Gasteiger partial charge in [0.25, 0.3) is 5.91 Å². The molecule has 0 bridgehead atoms. The van der Waals surface area contributed by atoms with Crippen molar-refractivity contribution in [2.45, 2.75) is 27.2 Å². The van der Waals surface area contributed by atoms with Crippen LogP contribution in [-0.4, -0.2) is 32.3 Å². The van der Waals surface area contributed by atoms with Crippen LogP contribution in [0.1, 0.15) is 35.6 Å². The Morgan fingerprint density at radius 2 is 1.93 bits per heavy atom. The Kier molecular flexibility index (Phi) is 5.26. The summed E-state index contributed by atoms with van der Waals surface area (Å²) in [6, 6.07) is 13.0. The quantitative estimate of drug-likeness (QED) is 0.513. The zero-order valence-corrected chi connectivity index (χ0v) is 17.3. The van der Waals surface area contributed by atoms with E-state index in [2.05, 4.69) is 20.6 Å². The van der Waals surface area contributed by atoms with Crippen molar-refractivity contribution in [2.24, 2.45) is 0 Å². The van der Waals surface area contributed by atoms with Gasteiger partial charge in [-0.2, -0.15) is 9.61 Å². The molecule has 0 spiro atoms. The second-order valence-electron chi connectivity index (χ2n) is 6.51. The molecule has 1 amide bonds. The van der Waals surface area contributed by atoms with E-state index in [4.69, 9.17) is 4.74 Å². The van der Waals surface area contributed by atoms with Crippen LogP contribution in [0.2, 0.25) is 0 Å². The van der Waals surface area contributed by atoms with Crippen molar-refractivity contribution in [1.29, 1.82) is 0 Å². The number of fused-ring (bicyclic) bond motifs is 1. The molecule has 0 aliphatic heterocycles. The van der Waals surface area contributed by atoms with E-state index in [0.717, 1.165) is 44.8 Å². The van der Waals surface area contributed by atoms with Crippen LogP contribution in [0.4, 0.5) is 5.69 Å². The largest absolute Gasteiger partial charge is 0.494 e. The third kappa shape index (κ3) is 3.84. The number of anilines is 1. The standard InChI is InChI=1S/C21H21N5O2S/c1-4-18-23-24-21-26(18)25-20(29-21)15-7-6-13(3)17(12-15)22-19(27)14-8-10-16(11-9-14)28-5-2/h6-12H,4-5H2,1-3H3,(H,22,27). The molecular weight excluding hydrogens is 386 g/mol. The molecule has 0 saturated heterocycles. The van der Waals surface area contributed by atoms with Crippen molar-refractivity contribution >= 4 is 27.9 Å². The number of nitrogens with one attached hydrogen (secondary N) is 1. The summed E-state index contributed by atoms with van der Waals surface area (Å²) in [5.74, 6) is 1.41. The third-order valence-corrected chi connectivity index (χ3v) is 5.48. The SMILES string of the molecule is CCOc1ccc(C(=O)Nc2cc(-c3nn4c(CC)nnc4s3)ccc2C)cc1. The van der Waals surface area contributed by atoms with E-state index in [-0.39, 0.29) is 5.91 Å². The van der Waals surface area contributed by atoms with Crippen molar-refractivity contribution in [3.63, 3.8) is 0 Å². The first-order chi connectivity index (χ1) is 14.1. The number of ether oxygens (including phenoxy) is 1. The van der Waals surface area contributed by atoms with Gasteiger partial charge in [0.1, 0.15) is 10.8 Å². The average Bonchev–Trinajstić information content (AvgIpc) is 3.31. The van der Waals surface area contributed by atoms with Crippen molar-refractivity contribution in [2.75, 3.05) is 11.9 Å². The fraction of sp³-hybridized carbons (Fsp3) is 0.238. The summed E-state index contributed by atoms with van der Waals surface area (Å²) in [6.45, 7) is 6.51. The van der Waals surface area contributed by atoms with Crippen LogP contribution in [0.25, 0.3) is 15.5 Å². The van der Waals surface area contributed by atoms with Crippen molar-refractivity contribution in [1.82, 2.24) is 19.8 Å². The Morgan fingerprint density at radius 3 is 2.66 bits per heavy atom. The molecule has 4 aromatic rings. The molecule has 0 aliphatic carbocycles. The maximum Gasteiger partial charge on any atom is 0.255 e. The summed E-state index contributed by atoms with van der Waals surface area (Å²) in [4.78, 5) is 13.4. The van der Waals surface area contributed by atoms with Crippen LogP contribution >= 0.6 is 11.3 Å². The molecule has 2 aromatic carbocycles. The lowest BCUT2D eigenvalue weighted by Crippen LogP contribution is -2.12. The van der Waals surface area contributed by atoms with Gasteiger partial charge in [-0.3, -0.25) is 4.79 Å². The smallest absolute Gasteiger partial charge is 0.255 e. The first kappa shape index (κ1) is 19.1. The lowest BCUT2D eigenvalue weighted by molar-refractivity contribution is 0.102. The van der Waals surface area contributed by atoms with E-state index in [1.165, 1.54) is 11.3 Å². The maximum atomic E-state index is 12.7. The molecule has 0 unspecified atom stereocenters. The molecule has 148 valence electrons. The summed E-state index contributed by atoms with van der Waals surface area (Å²) in [5.41, 5.74) is 3.23. The van der Waals surface area contributed by atoms with E-state index in [9.17, 15) is 4.79 Å². The first-order valence-electron chi connectivity index (χ1n) is 9.45. The molecule has 0 radical (unpaired) electrons. The van der Waals surface area contributed by atoms with Gasteiger partial charge in [0.2, 0.25) is 4.96 Å². The highest BCUT2D eigenvalue weighted by molar-refractivity contribution is 7.19. The van der Waals surface area contributed by atoms with Crippen LogP contribution in [0.3, 0.4) is 0 Å². The molecular formula is C21H21N5O2S. The predicted octanol–water partition coefficient (Wildman–Crippen LogP) is 4.37. The Bertz CT molecular complexity index is 1160. The van der Waals surface area contributed by atoms with E-state index in [1.807, 2.05) is 39.0 Å². The average molecular weight is 407 g/mol. The molecule has 0 atom stereocenters. The first-order valence-corrected chi connectivity index (χ1v) is 10.3. The van der Waals surface area contributed by atoms with Gasteiger partial charge in [0.15, 0.2) is 5.82 Å². The summed E-state index contributed by atoms with van der Waals surface area (Å²) in [5, 5.41) is 16.8. The van der Waals surface area contributed by atoms with Crippen LogP contribution < -0.4 is 10.1 Å². The van der Waals surface area contributed by atoms with E-state index in [1.54, 1.807) is 28.8 Å². The fourth-order valence-corrected chi connectivity index (χ4v) is 3.80. The van der Waals surface area contributed by atoms with Crippen LogP contribution in [0.15, 0.2) is 42.5 Å². The number of aryl methyl sites for hydroxylation is 2. The molecule has 0 aliphatic rings. The van der Waals surface area contributed by atoms with Crippen LogP contribution in [0, 0.1) is 6.92 Å². The molecule has 1 N–H and O–H groups in total. The Balaban J connectivity index is 1.59. The fourth-order valence-electron chi connectivity index (χ4n) is 2.95. The number of carbonyl (C=O) groups is 1. The molecule has 0 saturated carbocycles. The number of carbonyl (C=O) groups excluding carboxylic acids is 1. The minimum absolute atomic E-state index is 0.167. The van der Waals surface area contributed by atoms with Crippen molar-refractivity contribution in [3.8, 4) is 16.3 Å². The molecule has 29 heavy (non-hydrogen) atoms. The minimum atomic E-state index is -0.167. The lowest BCUT2D eigenvalue weighted by atomic mass is 10.1.